The molecule has 0 fully saturated rings. The van der Waals surface area contributed by atoms with Gasteiger partial charge in [-0.25, -0.2) is 0 Å². The number of thiophene rings is 1. The Morgan fingerprint density at radius 2 is 2.47 bits per heavy atom. The zero-order valence-corrected chi connectivity index (χ0v) is 11.6. The molecule has 0 saturated heterocycles. The summed E-state index contributed by atoms with van der Waals surface area (Å²) in [5.41, 5.74) is 6.75. The Balaban J connectivity index is 2.10. The average Bonchev–Trinajstić information content (AvgIpc) is 2.93. The van der Waals surface area contributed by atoms with Gasteiger partial charge in [0.25, 0.3) is 5.89 Å². The van der Waals surface area contributed by atoms with Gasteiger partial charge in [-0.3, -0.25) is 0 Å². The predicted molar refractivity (Wildman–Crippen MR) is 68.7 cm³/mol. The summed E-state index contributed by atoms with van der Waals surface area (Å²) in [7, 11) is 0. The van der Waals surface area contributed by atoms with Gasteiger partial charge >= 0.3 is 0 Å². The summed E-state index contributed by atoms with van der Waals surface area (Å²) in [5, 5.41) is 5.79. The molecule has 0 spiro atoms. The van der Waals surface area contributed by atoms with Crippen LogP contribution in [0.4, 0.5) is 0 Å². The normalized spacial score (nSPS) is 12.9. The van der Waals surface area contributed by atoms with E-state index in [1.807, 2.05) is 18.4 Å². The van der Waals surface area contributed by atoms with E-state index in [0.717, 1.165) is 9.35 Å². The molecule has 0 aliphatic heterocycles. The Morgan fingerprint density at radius 3 is 3.12 bits per heavy atom. The largest absolute Gasteiger partial charge is 0.380 e. The van der Waals surface area contributed by atoms with Gasteiger partial charge in [-0.05, 0) is 28.9 Å². The van der Waals surface area contributed by atoms with Crippen molar-refractivity contribution in [3.8, 4) is 11.5 Å². The summed E-state index contributed by atoms with van der Waals surface area (Å²) >= 11 is 4.95. The second-order valence-electron chi connectivity index (χ2n) is 3.36. The highest BCUT2D eigenvalue weighted by atomic mass is 79.9. The molecule has 0 aliphatic carbocycles. The van der Waals surface area contributed by atoms with Crippen LogP contribution in [-0.4, -0.2) is 23.4 Å². The van der Waals surface area contributed by atoms with E-state index in [1.165, 1.54) is 0 Å². The van der Waals surface area contributed by atoms with Crippen LogP contribution in [0.5, 0.6) is 0 Å². The van der Waals surface area contributed by atoms with E-state index in [9.17, 15) is 0 Å². The lowest BCUT2D eigenvalue weighted by Gasteiger charge is -2.05. The first kappa shape index (κ1) is 12.7. The van der Waals surface area contributed by atoms with E-state index < -0.39 is 0 Å². The van der Waals surface area contributed by atoms with Gasteiger partial charge in [0.1, 0.15) is 0 Å². The molecule has 2 aromatic heterocycles. The predicted octanol–water partition coefficient (Wildman–Crippen LogP) is 2.60. The molecular weight excluding hydrogens is 306 g/mol. The van der Waals surface area contributed by atoms with Crippen molar-refractivity contribution >= 4 is 27.3 Å². The van der Waals surface area contributed by atoms with Gasteiger partial charge in [-0.2, -0.15) is 4.98 Å². The van der Waals surface area contributed by atoms with E-state index in [4.69, 9.17) is 15.0 Å². The van der Waals surface area contributed by atoms with E-state index >= 15 is 0 Å². The lowest BCUT2D eigenvalue weighted by Crippen LogP contribution is -2.18. The van der Waals surface area contributed by atoms with Crippen LogP contribution in [0.2, 0.25) is 0 Å². The third-order valence-corrected chi connectivity index (χ3v) is 3.59. The van der Waals surface area contributed by atoms with Crippen LogP contribution >= 0.6 is 27.3 Å². The molecule has 2 aromatic rings. The van der Waals surface area contributed by atoms with E-state index in [-0.39, 0.29) is 6.04 Å². The fourth-order valence-corrected chi connectivity index (χ4v) is 2.37. The molecule has 0 aromatic carbocycles. The van der Waals surface area contributed by atoms with Crippen LogP contribution < -0.4 is 5.73 Å². The standard InChI is InChI=1S/C10H12BrN3O2S/c1-2-15-4-7(12)9-13-10(16-14-9)6-3-8(11)17-5-6/h3,5,7H,2,4,12H2,1H3. The highest BCUT2D eigenvalue weighted by Gasteiger charge is 2.16. The molecule has 92 valence electrons. The molecular formula is C10H12BrN3O2S. The molecule has 0 amide bonds. The summed E-state index contributed by atoms with van der Waals surface area (Å²) in [6, 6.07) is 1.57. The smallest absolute Gasteiger partial charge is 0.258 e. The average molecular weight is 318 g/mol. The Hall–Kier alpha value is -0.760. The number of hydrogen-bond donors (Lipinski definition) is 1. The van der Waals surface area contributed by atoms with Gasteiger partial charge in [0.2, 0.25) is 0 Å². The van der Waals surface area contributed by atoms with Gasteiger partial charge in [-0.15, -0.1) is 11.3 Å². The van der Waals surface area contributed by atoms with Crippen molar-refractivity contribution in [1.82, 2.24) is 10.1 Å². The minimum atomic E-state index is -0.352. The molecule has 17 heavy (non-hydrogen) atoms. The SMILES string of the molecule is CCOCC(N)c1noc(-c2csc(Br)c2)n1. The summed E-state index contributed by atoms with van der Waals surface area (Å²) in [5.74, 6) is 0.949. The summed E-state index contributed by atoms with van der Waals surface area (Å²) in [4.78, 5) is 4.25. The molecule has 1 atom stereocenters. The van der Waals surface area contributed by atoms with Crippen molar-refractivity contribution in [1.29, 1.82) is 0 Å². The van der Waals surface area contributed by atoms with Crippen LogP contribution in [-0.2, 0) is 4.74 Å². The Labute approximate surface area is 111 Å². The number of ether oxygens (including phenoxy) is 1. The molecule has 5 nitrogen and oxygen atoms in total. The first-order valence-electron chi connectivity index (χ1n) is 5.12. The van der Waals surface area contributed by atoms with Crippen molar-refractivity contribution in [2.45, 2.75) is 13.0 Å². The number of hydrogen-bond acceptors (Lipinski definition) is 6. The van der Waals surface area contributed by atoms with Crippen molar-refractivity contribution < 1.29 is 9.26 Å². The van der Waals surface area contributed by atoms with Gasteiger partial charge in [0, 0.05) is 12.0 Å². The maximum absolute atomic E-state index is 5.86. The third-order valence-electron chi connectivity index (χ3n) is 2.09. The quantitative estimate of drug-likeness (QED) is 0.917. The lowest BCUT2D eigenvalue weighted by molar-refractivity contribution is 0.130. The van der Waals surface area contributed by atoms with Crippen molar-refractivity contribution in [2.24, 2.45) is 5.73 Å². The van der Waals surface area contributed by atoms with E-state index in [0.29, 0.717) is 24.9 Å². The topological polar surface area (TPSA) is 74.2 Å². The van der Waals surface area contributed by atoms with Gasteiger partial charge in [0.15, 0.2) is 5.82 Å². The third kappa shape index (κ3) is 3.12. The lowest BCUT2D eigenvalue weighted by atomic mass is 10.3. The van der Waals surface area contributed by atoms with Crippen LogP contribution in [0.1, 0.15) is 18.8 Å². The minimum absolute atomic E-state index is 0.352. The Kier molecular flexibility index (Phi) is 4.27. The fraction of sp³-hybridized carbons (Fsp3) is 0.400. The monoisotopic (exact) mass is 317 g/mol. The highest BCUT2D eigenvalue weighted by molar-refractivity contribution is 9.11. The van der Waals surface area contributed by atoms with Crippen molar-refractivity contribution in [3.63, 3.8) is 0 Å². The maximum Gasteiger partial charge on any atom is 0.258 e. The molecule has 0 saturated carbocycles. The summed E-state index contributed by atoms with van der Waals surface area (Å²) in [6.45, 7) is 2.93. The number of halogens is 1. The number of nitrogens with zero attached hydrogens (tertiary/aromatic N) is 2. The zero-order chi connectivity index (χ0) is 12.3. The van der Waals surface area contributed by atoms with Gasteiger partial charge < -0.3 is 15.0 Å². The molecule has 0 bridgehead atoms. The molecule has 0 aliphatic rings. The van der Waals surface area contributed by atoms with Crippen LogP contribution in [0.25, 0.3) is 11.5 Å². The number of aromatic nitrogens is 2. The second-order valence-corrected chi connectivity index (χ2v) is 5.65. The summed E-state index contributed by atoms with van der Waals surface area (Å²) in [6.07, 6.45) is 0. The molecule has 2 rings (SSSR count). The Morgan fingerprint density at radius 1 is 1.65 bits per heavy atom. The molecule has 1 unspecified atom stereocenters. The van der Waals surface area contributed by atoms with Crippen molar-refractivity contribution in [2.75, 3.05) is 13.2 Å². The van der Waals surface area contributed by atoms with Gasteiger partial charge in [-0.1, -0.05) is 5.16 Å². The summed E-state index contributed by atoms with van der Waals surface area (Å²) < 4.78 is 11.4. The van der Waals surface area contributed by atoms with Crippen LogP contribution in [0, 0.1) is 0 Å². The van der Waals surface area contributed by atoms with Crippen LogP contribution in [0.15, 0.2) is 19.8 Å². The maximum atomic E-state index is 5.86. The molecule has 2 heterocycles. The Bertz CT molecular complexity index is 485. The number of rotatable bonds is 5. The first-order valence-corrected chi connectivity index (χ1v) is 6.79. The van der Waals surface area contributed by atoms with Gasteiger partial charge in [0.05, 0.1) is 22.0 Å². The highest BCUT2D eigenvalue weighted by Crippen LogP contribution is 2.28. The van der Waals surface area contributed by atoms with Crippen molar-refractivity contribution in [3.05, 3.63) is 21.1 Å². The second kappa shape index (κ2) is 5.72. The fourth-order valence-electron chi connectivity index (χ4n) is 1.24. The zero-order valence-electron chi connectivity index (χ0n) is 9.22. The molecule has 7 heteroatoms. The van der Waals surface area contributed by atoms with E-state index in [2.05, 4.69) is 26.1 Å². The minimum Gasteiger partial charge on any atom is -0.380 e. The molecule has 0 radical (unpaired) electrons. The molecule has 2 N–H and O–H groups in total. The first-order chi connectivity index (χ1) is 8.20. The van der Waals surface area contributed by atoms with Crippen LogP contribution in [0.3, 0.4) is 0 Å². The number of nitrogens with two attached hydrogens (primary N) is 1. The van der Waals surface area contributed by atoms with E-state index in [1.54, 1.807) is 11.3 Å².